The smallest absolute Gasteiger partial charge is 0.332 e. The molecule has 2 aromatic heterocycles. The molecule has 0 amide bonds. The molecule has 10 heteroatoms. The average molecular weight is 297 g/mol. The molecule has 0 aliphatic carbocycles. The summed E-state index contributed by atoms with van der Waals surface area (Å²) in [6.07, 6.45) is -3.63. The molecular weight excluding hydrogens is 282 g/mol. The van der Waals surface area contributed by atoms with Crippen molar-refractivity contribution in [2.24, 2.45) is 7.05 Å². The zero-order valence-corrected chi connectivity index (χ0v) is 11.1. The predicted octanol–water partition coefficient (Wildman–Crippen LogP) is -2.68. The number of nitrogen functional groups attached to an aromatic ring is 1. The Hall–Kier alpha value is -2.01. The van der Waals surface area contributed by atoms with E-state index in [4.69, 9.17) is 15.6 Å². The van der Waals surface area contributed by atoms with Gasteiger partial charge in [0.05, 0.1) is 6.61 Å². The summed E-state index contributed by atoms with van der Waals surface area (Å²) in [5.74, 6) is 0.116. The van der Waals surface area contributed by atoms with Crippen molar-refractivity contribution in [2.75, 3.05) is 12.3 Å². The number of anilines is 1. The van der Waals surface area contributed by atoms with Crippen LogP contribution in [0.25, 0.3) is 11.2 Å². The molecule has 0 aromatic carbocycles. The van der Waals surface area contributed by atoms with Crippen LogP contribution in [0.15, 0.2) is 11.1 Å². The lowest BCUT2D eigenvalue weighted by Crippen LogP contribution is -2.35. The summed E-state index contributed by atoms with van der Waals surface area (Å²) in [6, 6.07) is 0. The highest BCUT2D eigenvalue weighted by molar-refractivity contribution is 5.82. The molecule has 1 aliphatic heterocycles. The van der Waals surface area contributed by atoms with Crippen molar-refractivity contribution in [3.8, 4) is 0 Å². The minimum atomic E-state index is -1.37. The summed E-state index contributed by atoms with van der Waals surface area (Å²) >= 11 is 0. The third kappa shape index (κ3) is 1.84. The van der Waals surface area contributed by atoms with Crippen LogP contribution in [-0.4, -0.2) is 59.3 Å². The van der Waals surface area contributed by atoms with Gasteiger partial charge in [-0.25, -0.2) is 19.3 Å². The third-order valence-corrected chi connectivity index (χ3v) is 3.66. The lowest BCUT2D eigenvalue weighted by atomic mass is 10.1. The van der Waals surface area contributed by atoms with Crippen LogP contribution in [-0.2, 0) is 11.8 Å². The quantitative estimate of drug-likeness (QED) is 0.468. The maximum Gasteiger partial charge on any atom is 0.332 e. The fourth-order valence-corrected chi connectivity index (χ4v) is 2.55. The van der Waals surface area contributed by atoms with Crippen LogP contribution in [0, 0.1) is 0 Å². The number of hydrogen-bond acceptors (Lipinski definition) is 8. The number of fused-ring (bicyclic) bond motifs is 1. The number of ether oxygens (including phenoxy) is 1. The van der Waals surface area contributed by atoms with E-state index >= 15 is 0 Å². The van der Waals surface area contributed by atoms with Gasteiger partial charge in [-0.05, 0) is 0 Å². The number of imidazole rings is 1. The number of nitrogens with two attached hydrogens (primary N) is 1. The normalized spacial score (nSPS) is 29.3. The molecule has 1 fully saturated rings. The van der Waals surface area contributed by atoms with Gasteiger partial charge in [-0.1, -0.05) is 0 Å². The molecule has 4 unspecified atom stereocenters. The van der Waals surface area contributed by atoms with E-state index in [0.29, 0.717) is 5.52 Å². The minimum absolute atomic E-state index is 0.116. The first kappa shape index (κ1) is 13.9. The number of aliphatic hydroxyl groups is 3. The lowest BCUT2D eigenvalue weighted by molar-refractivity contribution is -0.0527. The maximum absolute atomic E-state index is 12.3. The third-order valence-electron chi connectivity index (χ3n) is 3.66. The summed E-state index contributed by atoms with van der Waals surface area (Å²) in [6.45, 7) is -0.481. The second-order valence-electron chi connectivity index (χ2n) is 4.87. The van der Waals surface area contributed by atoms with Gasteiger partial charge in [-0.3, -0.25) is 4.57 Å². The second-order valence-corrected chi connectivity index (χ2v) is 4.87. The number of nitrogens with zero attached hydrogens (tertiary/aromatic N) is 4. The molecule has 114 valence electrons. The van der Waals surface area contributed by atoms with E-state index in [1.807, 2.05) is 0 Å². The molecule has 3 rings (SSSR count). The van der Waals surface area contributed by atoms with Crippen molar-refractivity contribution in [3.05, 3.63) is 16.8 Å². The van der Waals surface area contributed by atoms with Gasteiger partial charge >= 0.3 is 5.69 Å². The number of rotatable bonds is 2. The molecule has 0 bridgehead atoms. The molecule has 1 aliphatic rings. The van der Waals surface area contributed by atoms with Crippen LogP contribution in [0.3, 0.4) is 0 Å². The van der Waals surface area contributed by atoms with Crippen molar-refractivity contribution in [1.82, 2.24) is 19.1 Å². The average Bonchev–Trinajstić information content (AvgIpc) is 2.88. The van der Waals surface area contributed by atoms with Gasteiger partial charge in [-0.15, -0.1) is 0 Å². The lowest BCUT2D eigenvalue weighted by Gasteiger charge is -2.15. The van der Waals surface area contributed by atoms with Gasteiger partial charge in [-0.2, -0.15) is 0 Å². The Morgan fingerprint density at radius 2 is 2.10 bits per heavy atom. The molecule has 0 radical (unpaired) electrons. The molecule has 3 heterocycles. The molecule has 4 atom stereocenters. The fourth-order valence-electron chi connectivity index (χ4n) is 2.55. The summed E-state index contributed by atoms with van der Waals surface area (Å²) in [5.41, 5.74) is 5.71. The van der Waals surface area contributed by atoms with Gasteiger partial charge in [0.1, 0.15) is 30.2 Å². The highest BCUT2D eigenvalue weighted by Crippen LogP contribution is 2.30. The van der Waals surface area contributed by atoms with E-state index in [1.54, 1.807) is 0 Å². The first-order chi connectivity index (χ1) is 9.97. The highest BCUT2D eigenvalue weighted by atomic mass is 16.6. The topological polar surface area (TPSA) is 149 Å². The number of aromatic nitrogens is 4. The zero-order valence-electron chi connectivity index (χ0n) is 11.1. The van der Waals surface area contributed by atoms with E-state index in [-0.39, 0.29) is 11.5 Å². The maximum atomic E-state index is 12.3. The fraction of sp³-hybridized carbons (Fsp3) is 0.545. The van der Waals surface area contributed by atoms with Crippen molar-refractivity contribution >= 4 is 17.0 Å². The predicted molar refractivity (Wildman–Crippen MR) is 70.2 cm³/mol. The molecule has 0 saturated carbocycles. The van der Waals surface area contributed by atoms with Crippen LogP contribution in [0.4, 0.5) is 5.82 Å². The molecular formula is C11H15N5O5. The molecule has 10 nitrogen and oxygen atoms in total. The van der Waals surface area contributed by atoms with Gasteiger partial charge in [0, 0.05) is 7.05 Å². The molecule has 0 spiro atoms. The summed E-state index contributed by atoms with van der Waals surface area (Å²) in [5, 5.41) is 29.0. The van der Waals surface area contributed by atoms with Crippen molar-refractivity contribution < 1.29 is 20.1 Å². The minimum Gasteiger partial charge on any atom is -0.394 e. The van der Waals surface area contributed by atoms with Crippen molar-refractivity contribution in [1.29, 1.82) is 0 Å². The Labute approximate surface area is 118 Å². The van der Waals surface area contributed by atoms with Crippen LogP contribution >= 0.6 is 0 Å². The highest BCUT2D eigenvalue weighted by Gasteiger charge is 2.45. The summed E-state index contributed by atoms with van der Waals surface area (Å²) < 4.78 is 7.69. The molecule has 5 N–H and O–H groups in total. The first-order valence-electron chi connectivity index (χ1n) is 6.27. The van der Waals surface area contributed by atoms with Crippen LogP contribution in [0.1, 0.15) is 6.23 Å². The van der Waals surface area contributed by atoms with Crippen LogP contribution in [0.2, 0.25) is 0 Å². The van der Waals surface area contributed by atoms with E-state index < -0.39 is 36.8 Å². The second kappa shape index (κ2) is 4.77. The van der Waals surface area contributed by atoms with Gasteiger partial charge in [0.2, 0.25) is 0 Å². The van der Waals surface area contributed by atoms with Crippen LogP contribution < -0.4 is 11.4 Å². The van der Waals surface area contributed by atoms with E-state index in [0.717, 1.165) is 4.57 Å². The Balaban J connectivity index is 2.20. The first-order valence-corrected chi connectivity index (χ1v) is 6.27. The molecule has 21 heavy (non-hydrogen) atoms. The SMILES string of the molecule is Cn1c(=O)n(C2OC(CO)C(O)C2O)c2ncnc(N)c21. The van der Waals surface area contributed by atoms with E-state index in [9.17, 15) is 15.0 Å². The van der Waals surface area contributed by atoms with E-state index in [2.05, 4.69) is 9.97 Å². The standard InChI is InChI=1S/C11H15N5O5/c1-15-5-8(12)13-3-14-9(5)16(11(15)20)10-7(19)6(18)4(2-17)21-10/h3-4,6-7,10,17-19H,2H2,1H3,(H2,12,13,14). The van der Waals surface area contributed by atoms with Gasteiger partial charge in [0.25, 0.3) is 0 Å². The Morgan fingerprint density at radius 1 is 1.38 bits per heavy atom. The van der Waals surface area contributed by atoms with E-state index in [1.165, 1.54) is 17.9 Å². The van der Waals surface area contributed by atoms with Gasteiger partial charge < -0.3 is 25.8 Å². The monoisotopic (exact) mass is 297 g/mol. The van der Waals surface area contributed by atoms with Gasteiger partial charge in [0.15, 0.2) is 17.7 Å². The molecule has 1 saturated heterocycles. The zero-order chi connectivity index (χ0) is 15.3. The Bertz CT molecular complexity index is 740. The summed E-state index contributed by atoms with van der Waals surface area (Å²) in [4.78, 5) is 20.2. The van der Waals surface area contributed by atoms with Crippen LogP contribution in [0.5, 0.6) is 0 Å². The Kier molecular flexibility index (Phi) is 3.17. The largest absolute Gasteiger partial charge is 0.394 e. The Morgan fingerprint density at radius 3 is 2.71 bits per heavy atom. The van der Waals surface area contributed by atoms with Crippen molar-refractivity contribution in [3.63, 3.8) is 0 Å². The summed E-state index contributed by atoms with van der Waals surface area (Å²) in [7, 11) is 1.49. The number of aliphatic hydroxyl groups excluding tert-OH is 3. The number of hydrogen-bond donors (Lipinski definition) is 4. The number of aryl methyl sites for hydroxylation is 1. The van der Waals surface area contributed by atoms with Crippen molar-refractivity contribution in [2.45, 2.75) is 24.5 Å². The molecule has 2 aromatic rings.